The Hall–Kier alpha value is -0.600. The first-order chi connectivity index (χ1) is 15.4. The maximum Gasteiger partial charge on any atom is 0.155 e. The molecule has 0 N–H and O–H groups in total. The number of hydrogen-bond donors (Lipinski definition) is 0. The number of unbranched alkanes of at least 4 members (excludes halogenated alkanes) is 15. The van der Waals surface area contributed by atoms with Gasteiger partial charge in [0.2, 0.25) is 0 Å². The Morgan fingerprint density at radius 2 is 1.22 bits per heavy atom. The van der Waals surface area contributed by atoms with Crippen LogP contribution in [0.2, 0.25) is 0 Å². The van der Waals surface area contributed by atoms with Gasteiger partial charge in [0.1, 0.15) is 0 Å². The van der Waals surface area contributed by atoms with E-state index >= 15 is 0 Å². The highest BCUT2D eigenvalue weighted by molar-refractivity contribution is 4.99. The highest BCUT2D eigenvalue weighted by Gasteiger charge is 2.23. The van der Waals surface area contributed by atoms with E-state index in [-0.39, 0.29) is 11.9 Å². The lowest BCUT2D eigenvalue weighted by atomic mass is 9.99. The third-order valence-electron chi connectivity index (χ3n) is 6.41. The molecule has 0 aromatic rings. The lowest BCUT2D eigenvalue weighted by molar-refractivity contribution is -0.182. The molecule has 2 atom stereocenters. The third kappa shape index (κ3) is 21.3. The average molecular weight is 451 g/mol. The Morgan fingerprint density at radius 3 is 1.62 bits per heavy atom. The minimum absolute atomic E-state index is 0.180. The summed E-state index contributed by atoms with van der Waals surface area (Å²) in [5, 5.41) is 0. The molecule has 0 aromatic heterocycles. The topological polar surface area (TPSA) is 18.5 Å². The average Bonchev–Trinajstić information content (AvgIpc) is 2.75. The van der Waals surface area contributed by atoms with Gasteiger partial charge in [-0.15, -0.1) is 6.58 Å². The lowest BCUT2D eigenvalue weighted by Crippen LogP contribution is -2.31. The zero-order valence-corrected chi connectivity index (χ0v) is 22.7. The second-order valence-electron chi connectivity index (χ2n) is 10.2. The maximum atomic E-state index is 6.13. The second-order valence-corrected chi connectivity index (χ2v) is 10.2. The molecule has 0 fully saturated rings. The van der Waals surface area contributed by atoms with E-state index in [1.54, 1.807) is 0 Å². The Kier molecular flexibility index (Phi) is 21.8. The van der Waals surface area contributed by atoms with Gasteiger partial charge in [0.15, 0.2) is 6.29 Å². The molecule has 0 aliphatic carbocycles. The van der Waals surface area contributed by atoms with Gasteiger partial charge in [0.05, 0.1) is 5.60 Å². The van der Waals surface area contributed by atoms with Gasteiger partial charge >= 0.3 is 0 Å². The number of rotatable bonds is 24. The Bertz CT molecular complexity index is 438. The van der Waals surface area contributed by atoms with Crippen molar-refractivity contribution in [2.75, 3.05) is 6.61 Å². The molecule has 0 heterocycles. The number of allylic oxidation sites excluding steroid dienone is 2. The molecule has 0 aromatic carbocycles. The summed E-state index contributed by atoms with van der Waals surface area (Å²) in [5.41, 5.74) is 1.03. The van der Waals surface area contributed by atoms with Gasteiger partial charge in [-0.1, -0.05) is 121 Å². The summed E-state index contributed by atoms with van der Waals surface area (Å²) >= 11 is 0. The van der Waals surface area contributed by atoms with E-state index in [9.17, 15) is 0 Å². The SMILES string of the molecule is C=CC(C)(CCC=C(C)C)OC(C)OCCCCCCCCCCCCCCCCCC. The predicted octanol–water partition coefficient (Wildman–Crippen LogP) is 10.3. The van der Waals surface area contributed by atoms with Crippen LogP contribution in [0.5, 0.6) is 0 Å². The molecule has 2 heteroatoms. The van der Waals surface area contributed by atoms with E-state index in [4.69, 9.17) is 9.47 Å². The summed E-state index contributed by atoms with van der Waals surface area (Å²) in [5.74, 6) is 0. The van der Waals surface area contributed by atoms with E-state index in [2.05, 4.69) is 40.3 Å². The molecule has 32 heavy (non-hydrogen) atoms. The molecule has 0 rings (SSSR count). The summed E-state index contributed by atoms with van der Waals surface area (Å²) in [4.78, 5) is 0. The zero-order valence-electron chi connectivity index (χ0n) is 22.7. The quantitative estimate of drug-likeness (QED) is 0.0827. The van der Waals surface area contributed by atoms with Crippen LogP contribution in [0, 0.1) is 0 Å². The summed E-state index contributed by atoms with van der Waals surface area (Å²) in [6.45, 7) is 15.4. The first-order valence-electron chi connectivity index (χ1n) is 14.0. The molecule has 0 aliphatic rings. The predicted molar refractivity (Wildman–Crippen MR) is 143 cm³/mol. The summed E-state index contributed by atoms with van der Waals surface area (Å²) in [6.07, 6.45) is 28.3. The van der Waals surface area contributed by atoms with Crippen molar-refractivity contribution in [3.8, 4) is 0 Å². The van der Waals surface area contributed by atoms with Crippen LogP contribution < -0.4 is 0 Å². The van der Waals surface area contributed by atoms with Crippen molar-refractivity contribution in [1.82, 2.24) is 0 Å². The van der Waals surface area contributed by atoms with E-state index in [0.29, 0.717) is 0 Å². The van der Waals surface area contributed by atoms with Crippen molar-refractivity contribution in [2.24, 2.45) is 0 Å². The Labute approximate surface area is 202 Å². The molecule has 2 nitrogen and oxygen atoms in total. The summed E-state index contributed by atoms with van der Waals surface area (Å²) in [7, 11) is 0. The van der Waals surface area contributed by atoms with Crippen molar-refractivity contribution in [3.05, 3.63) is 24.3 Å². The van der Waals surface area contributed by atoms with Crippen molar-refractivity contribution in [3.63, 3.8) is 0 Å². The fraction of sp³-hybridized carbons (Fsp3) is 0.867. The molecular weight excluding hydrogens is 392 g/mol. The van der Waals surface area contributed by atoms with E-state index < -0.39 is 0 Å². The normalized spacial score (nSPS) is 14.2. The molecule has 0 amide bonds. The largest absolute Gasteiger partial charge is 0.353 e. The number of hydrogen-bond acceptors (Lipinski definition) is 2. The Balaban J connectivity index is 3.47. The van der Waals surface area contributed by atoms with Crippen LogP contribution in [-0.4, -0.2) is 18.5 Å². The Morgan fingerprint density at radius 1 is 0.781 bits per heavy atom. The van der Waals surface area contributed by atoms with Gasteiger partial charge in [-0.25, -0.2) is 0 Å². The number of ether oxygens (including phenoxy) is 2. The van der Waals surface area contributed by atoms with Gasteiger partial charge in [0.25, 0.3) is 0 Å². The molecular formula is C30H58O2. The molecule has 2 unspecified atom stereocenters. The fourth-order valence-corrected chi connectivity index (χ4v) is 4.17. The smallest absolute Gasteiger partial charge is 0.155 e. The fourth-order valence-electron chi connectivity index (χ4n) is 4.17. The van der Waals surface area contributed by atoms with Crippen molar-refractivity contribution in [2.45, 2.75) is 162 Å². The standard InChI is InChI=1S/C30H58O2/c1-7-9-10-11-12-13-14-15-16-17-18-19-20-21-22-23-27-31-29(5)32-30(6,8-2)26-24-25-28(3)4/h8,25,29H,2,7,9-24,26-27H2,1,3-6H3. The monoisotopic (exact) mass is 450 g/mol. The van der Waals surface area contributed by atoms with Crippen LogP contribution in [-0.2, 0) is 9.47 Å². The molecule has 0 spiro atoms. The minimum atomic E-state index is -0.319. The van der Waals surface area contributed by atoms with Crippen LogP contribution in [0.3, 0.4) is 0 Å². The molecule has 0 bridgehead atoms. The first-order valence-corrected chi connectivity index (χ1v) is 14.0. The molecule has 190 valence electrons. The van der Waals surface area contributed by atoms with Gasteiger partial charge in [-0.2, -0.15) is 0 Å². The molecule has 0 saturated heterocycles. The van der Waals surface area contributed by atoms with E-state index in [0.717, 1.165) is 25.9 Å². The lowest BCUT2D eigenvalue weighted by Gasteiger charge is -2.29. The van der Waals surface area contributed by atoms with E-state index in [1.165, 1.54) is 102 Å². The van der Waals surface area contributed by atoms with E-state index in [1.807, 2.05) is 13.0 Å². The van der Waals surface area contributed by atoms with Gasteiger partial charge in [0, 0.05) is 6.61 Å². The van der Waals surface area contributed by atoms with Crippen molar-refractivity contribution >= 4 is 0 Å². The van der Waals surface area contributed by atoms with Crippen LogP contribution in [0.25, 0.3) is 0 Å². The van der Waals surface area contributed by atoms with Gasteiger partial charge in [-0.05, 0) is 47.0 Å². The first kappa shape index (κ1) is 31.4. The van der Waals surface area contributed by atoms with Crippen molar-refractivity contribution in [1.29, 1.82) is 0 Å². The zero-order chi connectivity index (χ0) is 23.9. The van der Waals surface area contributed by atoms with Crippen molar-refractivity contribution < 1.29 is 9.47 Å². The molecule has 0 aliphatic heterocycles. The third-order valence-corrected chi connectivity index (χ3v) is 6.41. The van der Waals surface area contributed by atoms with Crippen LogP contribution in [0.15, 0.2) is 24.3 Å². The summed E-state index contributed by atoms with van der Waals surface area (Å²) in [6, 6.07) is 0. The van der Waals surface area contributed by atoms with Gasteiger partial charge < -0.3 is 9.47 Å². The molecule has 0 saturated carbocycles. The maximum absolute atomic E-state index is 6.13. The van der Waals surface area contributed by atoms with Crippen LogP contribution >= 0.6 is 0 Å². The van der Waals surface area contributed by atoms with Crippen LogP contribution in [0.1, 0.15) is 150 Å². The molecule has 0 radical (unpaired) electrons. The van der Waals surface area contributed by atoms with Crippen LogP contribution in [0.4, 0.5) is 0 Å². The summed E-state index contributed by atoms with van der Waals surface area (Å²) < 4.78 is 12.0. The highest BCUT2D eigenvalue weighted by Crippen LogP contribution is 2.22. The minimum Gasteiger partial charge on any atom is -0.353 e. The second kappa shape index (κ2) is 22.2. The highest BCUT2D eigenvalue weighted by atomic mass is 16.7. The van der Waals surface area contributed by atoms with Gasteiger partial charge in [-0.3, -0.25) is 0 Å².